The Hall–Kier alpha value is -1.92. The molecule has 0 rings (SSSR count). The van der Waals surface area contributed by atoms with Crippen LogP contribution in [-0.4, -0.2) is 47.4 Å². The monoisotopic (exact) mass is 1080 g/mol. The lowest BCUT2D eigenvalue weighted by Gasteiger charge is -2.22. The second kappa shape index (κ2) is 66.6. The molecule has 0 aromatic carbocycles. The molecule has 454 valence electrons. The summed E-state index contributed by atoms with van der Waals surface area (Å²) in [7, 11) is 0. The molecule has 0 aliphatic heterocycles. The van der Waals surface area contributed by atoms with Crippen LogP contribution in [0.15, 0.2) is 36.5 Å². The van der Waals surface area contributed by atoms with Crippen LogP contribution in [-0.2, 0) is 14.3 Å². The predicted octanol–water partition coefficient (Wildman–Crippen LogP) is 22.3. The summed E-state index contributed by atoms with van der Waals surface area (Å²) in [6.07, 6.45) is 84.8. The zero-order chi connectivity index (χ0) is 55.7. The molecule has 0 saturated heterocycles. The first kappa shape index (κ1) is 75.1. The van der Waals surface area contributed by atoms with E-state index in [1.165, 1.54) is 295 Å². The molecule has 0 heterocycles. The Kier molecular flexibility index (Phi) is 64.9. The number of allylic oxidation sites excluding steroid dienone is 6. The molecule has 0 aromatic heterocycles. The second-order valence-corrected chi connectivity index (χ2v) is 23.9. The number of unbranched alkanes of at least 4 members (excludes halogenated alkanes) is 48. The number of hydrogen-bond acceptors (Lipinski definition) is 5. The van der Waals surface area contributed by atoms with Gasteiger partial charge < -0.3 is 20.3 Å². The van der Waals surface area contributed by atoms with Gasteiger partial charge in [0.25, 0.3) is 0 Å². The fourth-order valence-corrected chi connectivity index (χ4v) is 10.8. The van der Waals surface area contributed by atoms with Crippen LogP contribution in [0, 0.1) is 0 Å². The van der Waals surface area contributed by atoms with E-state index in [4.69, 9.17) is 4.74 Å². The molecule has 2 unspecified atom stereocenters. The quantitative estimate of drug-likeness (QED) is 0.0320. The van der Waals surface area contributed by atoms with E-state index in [1.54, 1.807) is 0 Å². The molecule has 2 atom stereocenters. The maximum atomic E-state index is 12.5. The zero-order valence-electron chi connectivity index (χ0n) is 52.0. The standard InChI is InChI=1S/C71H135NO5/c1-3-5-7-9-11-13-15-17-18-38-41-45-49-53-57-61-65-71(76)77-66-62-58-54-50-46-42-39-36-34-32-30-28-26-24-22-20-19-21-23-25-27-29-31-33-35-37-40-44-48-52-56-60-64-70(75)72-68(67-73)69(74)63-59-55-51-47-43-16-14-12-10-8-6-4-2/h13,15,18,22,24,38,68-69,73-74H,3-12,14,16-17,19-21,23,25-37,39-67H2,1-2H3,(H,72,75)/b15-13-,24-22-,38-18-. The van der Waals surface area contributed by atoms with Crippen molar-refractivity contribution < 1.29 is 24.5 Å². The summed E-state index contributed by atoms with van der Waals surface area (Å²) in [6.45, 7) is 4.95. The lowest BCUT2D eigenvalue weighted by molar-refractivity contribution is -0.143. The summed E-state index contributed by atoms with van der Waals surface area (Å²) < 4.78 is 5.49. The molecule has 6 nitrogen and oxygen atoms in total. The number of esters is 1. The SMILES string of the molecule is CCCCCC/C=C\C/C=C\CCCCCCCC(=O)OCCCCCCCCCCCCCC/C=C\CCCCCCCCCCCCCCCCCCC(=O)NC(CO)C(O)CCCCCCCCCCCCCC. The summed E-state index contributed by atoms with van der Waals surface area (Å²) in [5.41, 5.74) is 0. The molecule has 0 aromatic rings. The summed E-state index contributed by atoms with van der Waals surface area (Å²) >= 11 is 0. The van der Waals surface area contributed by atoms with Crippen molar-refractivity contribution in [3.05, 3.63) is 36.5 Å². The van der Waals surface area contributed by atoms with Crippen molar-refractivity contribution in [3.63, 3.8) is 0 Å². The van der Waals surface area contributed by atoms with E-state index < -0.39 is 12.1 Å². The van der Waals surface area contributed by atoms with Gasteiger partial charge in [0, 0.05) is 12.8 Å². The van der Waals surface area contributed by atoms with Gasteiger partial charge in [-0.15, -0.1) is 0 Å². The molecule has 77 heavy (non-hydrogen) atoms. The third-order valence-corrected chi connectivity index (χ3v) is 16.2. The Labute approximate surface area is 481 Å². The van der Waals surface area contributed by atoms with E-state index in [-0.39, 0.29) is 18.5 Å². The Balaban J connectivity index is 3.34. The van der Waals surface area contributed by atoms with E-state index in [0.29, 0.717) is 25.9 Å². The van der Waals surface area contributed by atoms with Gasteiger partial charge in [-0.3, -0.25) is 9.59 Å². The van der Waals surface area contributed by atoms with Crippen LogP contribution < -0.4 is 5.32 Å². The molecule has 1 amide bonds. The predicted molar refractivity (Wildman–Crippen MR) is 338 cm³/mol. The molecular weight excluding hydrogens is 947 g/mol. The highest BCUT2D eigenvalue weighted by molar-refractivity contribution is 5.76. The Morgan fingerprint density at radius 3 is 1.01 bits per heavy atom. The normalized spacial score (nSPS) is 12.7. The minimum absolute atomic E-state index is 0.00493. The molecular formula is C71H135NO5. The highest BCUT2D eigenvalue weighted by Gasteiger charge is 2.20. The highest BCUT2D eigenvalue weighted by atomic mass is 16.5. The van der Waals surface area contributed by atoms with Gasteiger partial charge in [-0.05, 0) is 83.5 Å². The number of rotatable bonds is 65. The van der Waals surface area contributed by atoms with Crippen molar-refractivity contribution in [1.82, 2.24) is 5.32 Å². The maximum Gasteiger partial charge on any atom is 0.305 e. The Bertz CT molecular complexity index is 1250. The average Bonchev–Trinajstić information content (AvgIpc) is 3.43. The number of carbonyl (C=O) groups is 2. The molecule has 0 aliphatic carbocycles. The minimum atomic E-state index is -0.661. The lowest BCUT2D eigenvalue weighted by Crippen LogP contribution is -2.45. The first-order chi connectivity index (χ1) is 38.0. The molecule has 3 N–H and O–H groups in total. The number of aliphatic hydroxyl groups is 2. The van der Waals surface area contributed by atoms with Gasteiger partial charge >= 0.3 is 5.97 Å². The minimum Gasteiger partial charge on any atom is -0.466 e. The van der Waals surface area contributed by atoms with Crippen LogP contribution in [0.25, 0.3) is 0 Å². The average molecular weight is 1080 g/mol. The first-order valence-electron chi connectivity index (χ1n) is 34.7. The van der Waals surface area contributed by atoms with Crippen LogP contribution in [0.5, 0.6) is 0 Å². The number of hydrogen-bond donors (Lipinski definition) is 3. The van der Waals surface area contributed by atoms with Crippen molar-refractivity contribution in [2.24, 2.45) is 0 Å². The fourth-order valence-electron chi connectivity index (χ4n) is 10.8. The van der Waals surface area contributed by atoms with Crippen LogP contribution in [0.4, 0.5) is 0 Å². The van der Waals surface area contributed by atoms with Crippen molar-refractivity contribution >= 4 is 11.9 Å². The second-order valence-electron chi connectivity index (χ2n) is 23.9. The first-order valence-corrected chi connectivity index (χ1v) is 34.7. The van der Waals surface area contributed by atoms with Gasteiger partial charge in [0.1, 0.15) is 0 Å². The maximum absolute atomic E-state index is 12.5. The van der Waals surface area contributed by atoms with Crippen LogP contribution in [0.1, 0.15) is 380 Å². The van der Waals surface area contributed by atoms with Gasteiger partial charge in [0.05, 0.1) is 25.4 Å². The number of ether oxygens (including phenoxy) is 1. The Morgan fingerprint density at radius 2 is 0.649 bits per heavy atom. The van der Waals surface area contributed by atoms with Gasteiger partial charge in [-0.25, -0.2) is 0 Å². The fraction of sp³-hybridized carbons (Fsp3) is 0.887. The zero-order valence-corrected chi connectivity index (χ0v) is 52.0. The summed E-state index contributed by atoms with van der Waals surface area (Å²) in [5.74, 6) is -0.0264. The third kappa shape index (κ3) is 63.1. The van der Waals surface area contributed by atoms with Gasteiger partial charge in [-0.1, -0.05) is 320 Å². The molecule has 0 aliphatic rings. The molecule has 0 saturated carbocycles. The van der Waals surface area contributed by atoms with Gasteiger partial charge in [-0.2, -0.15) is 0 Å². The smallest absolute Gasteiger partial charge is 0.305 e. The lowest BCUT2D eigenvalue weighted by atomic mass is 10.0. The van der Waals surface area contributed by atoms with Gasteiger partial charge in [0.15, 0.2) is 0 Å². The van der Waals surface area contributed by atoms with Crippen molar-refractivity contribution in [3.8, 4) is 0 Å². The molecule has 6 heteroatoms. The largest absolute Gasteiger partial charge is 0.466 e. The van der Waals surface area contributed by atoms with Crippen molar-refractivity contribution in [1.29, 1.82) is 0 Å². The molecule has 0 bridgehead atoms. The van der Waals surface area contributed by atoms with E-state index in [1.807, 2.05) is 0 Å². The molecule has 0 fully saturated rings. The summed E-state index contributed by atoms with van der Waals surface area (Å²) in [6, 6.07) is -0.538. The van der Waals surface area contributed by atoms with E-state index in [0.717, 1.165) is 51.4 Å². The van der Waals surface area contributed by atoms with Crippen LogP contribution in [0.2, 0.25) is 0 Å². The van der Waals surface area contributed by atoms with Crippen molar-refractivity contribution in [2.75, 3.05) is 13.2 Å². The third-order valence-electron chi connectivity index (χ3n) is 16.2. The van der Waals surface area contributed by atoms with E-state index in [9.17, 15) is 19.8 Å². The number of nitrogens with one attached hydrogen (secondary N) is 1. The molecule has 0 radical (unpaired) electrons. The van der Waals surface area contributed by atoms with Crippen molar-refractivity contribution in [2.45, 2.75) is 392 Å². The van der Waals surface area contributed by atoms with E-state index in [2.05, 4.69) is 55.6 Å². The number of amides is 1. The topological polar surface area (TPSA) is 95.9 Å². The highest BCUT2D eigenvalue weighted by Crippen LogP contribution is 2.18. The number of carbonyl (C=O) groups excluding carboxylic acids is 2. The Morgan fingerprint density at radius 1 is 0.364 bits per heavy atom. The van der Waals surface area contributed by atoms with E-state index >= 15 is 0 Å². The van der Waals surface area contributed by atoms with Crippen LogP contribution in [0.3, 0.4) is 0 Å². The molecule has 0 spiro atoms. The van der Waals surface area contributed by atoms with Gasteiger partial charge in [0.2, 0.25) is 5.91 Å². The number of aliphatic hydroxyl groups excluding tert-OH is 2. The summed E-state index contributed by atoms with van der Waals surface area (Å²) in [5, 5.41) is 23.3. The summed E-state index contributed by atoms with van der Waals surface area (Å²) in [4.78, 5) is 24.5. The van der Waals surface area contributed by atoms with Crippen LogP contribution >= 0.6 is 0 Å².